The molecule has 12 heavy (non-hydrogen) atoms. The highest BCUT2D eigenvalue weighted by molar-refractivity contribution is 5.67. The molecule has 0 bridgehead atoms. The van der Waals surface area contributed by atoms with Crippen molar-refractivity contribution in [2.24, 2.45) is 10.8 Å². The van der Waals surface area contributed by atoms with E-state index in [2.05, 4.69) is 20.8 Å². The first kappa shape index (κ1) is 11.5. The summed E-state index contributed by atoms with van der Waals surface area (Å²) >= 11 is 0. The van der Waals surface area contributed by atoms with E-state index in [1.807, 2.05) is 13.8 Å². The molecule has 0 saturated carbocycles. The zero-order valence-corrected chi connectivity index (χ0v) is 8.77. The topological polar surface area (TPSA) is 37.3 Å². The maximum Gasteiger partial charge on any atom is 0.303 e. The molecule has 1 N–H and O–H groups in total. The van der Waals surface area contributed by atoms with Crippen molar-refractivity contribution in [3.8, 4) is 0 Å². The van der Waals surface area contributed by atoms with Gasteiger partial charge in [0, 0.05) is 0 Å². The van der Waals surface area contributed by atoms with Crippen LogP contribution in [0.25, 0.3) is 0 Å². The van der Waals surface area contributed by atoms with Crippen LogP contribution in [0.3, 0.4) is 0 Å². The van der Waals surface area contributed by atoms with Crippen molar-refractivity contribution in [2.75, 3.05) is 0 Å². The molecule has 0 spiro atoms. The molecule has 2 heteroatoms. The van der Waals surface area contributed by atoms with Gasteiger partial charge in [0.2, 0.25) is 0 Å². The van der Waals surface area contributed by atoms with Crippen molar-refractivity contribution in [1.29, 1.82) is 0 Å². The molecule has 0 saturated heterocycles. The Bertz CT molecular complexity index is 169. The summed E-state index contributed by atoms with van der Waals surface area (Å²) < 4.78 is 0. The number of hydrogen-bond acceptors (Lipinski definition) is 1. The van der Waals surface area contributed by atoms with Crippen molar-refractivity contribution in [3.63, 3.8) is 0 Å². The van der Waals surface area contributed by atoms with Gasteiger partial charge in [0.05, 0.1) is 6.42 Å². The molecule has 0 aliphatic heterocycles. The summed E-state index contributed by atoms with van der Waals surface area (Å²) in [7, 11) is 0. The Morgan fingerprint density at radius 2 is 1.58 bits per heavy atom. The third-order valence-electron chi connectivity index (χ3n) is 3.31. The number of carboxylic acids is 1. The standard InChI is InChI=1S/C10H20O2/c1-6-9(2,3)10(4,5)7-8(11)12/h6-7H2,1-5H3,(H,11,12). The van der Waals surface area contributed by atoms with Crippen molar-refractivity contribution in [1.82, 2.24) is 0 Å². The lowest BCUT2D eigenvalue weighted by Gasteiger charge is -2.40. The van der Waals surface area contributed by atoms with E-state index in [4.69, 9.17) is 5.11 Å². The molecule has 0 fully saturated rings. The van der Waals surface area contributed by atoms with Gasteiger partial charge in [-0.1, -0.05) is 41.0 Å². The average molecular weight is 172 g/mol. The van der Waals surface area contributed by atoms with Crippen LogP contribution in [0.5, 0.6) is 0 Å². The lowest BCUT2D eigenvalue weighted by Crippen LogP contribution is -2.33. The largest absolute Gasteiger partial charge is 0.481 e. The molecule has 72 valence electrons. The Morgan fingerprint density at radius 3 is 1.83 bits per heavy atom. The predicted octanol–water partition coefficient (Wildman–Crippen LogP) is 2.92. The van der Waals surface area contributed by atoms with Crippen molar-refractivity contribution < 1.29 is 9.90 Å². The van der Waals surface area contributed by atoms with Crippen LogP contribution in [0.15, 0.2) is 0 Å². The zero-order valence-electron chi connectivity index (χ0n) is 8.77. The van der Waals surface area contributed by atoms with Gasteiger partial charge in [-0.15, -0.1) is 0 Å². The highest BCUT2D eigenvalue weighted by atomic mass is 16.4. The molecule has 0 atom stereocenters. The zero-order chi connectivity index (χ0) is 9.99. The van der Waals surface area contributed by atoms with Gasteiger partial charge >= 0.3 is 5.97 Å². The number of rotatable bonds is 4. The predicted molar refractivity (Wildman–Crippen MR) is 50.1 cm³/mol. The second-order valence-electron chi connectivity index (χ2n) is 4.69. The molecular formula is C10H20O2. The lowest BCUT2D eigenvalue weighted by molar-refractivity contribution is -0.141. The van der Waals surface area contributed by atoms with Gasteiger partial charge in [0.1, 0.15) is 0 Å². The molecular weight excluding hydrogens is 152 g/mol. The minimum atomic E-state index is -0.707. The number of carboxylic acid groups (broad SMARTS) is 1. The van der Waals surface area contributed by atoms with E-state index in [0.29, 0.717) is 0 Å². The summed E-state index contributed by atoms with van der Waals surface area (Å²) in [5.41, 5.74) is -0.0427. The van der Waals surface area contributed by atoms with Gasteiger partial charge in [-0.05, 0) is 10.8 Å². The molecule has 2 nitrogen and oxygen atoms in total. The van der Waals surface area contributed by atoms with Crippen molar-refractivity contribution in [3.05, 3.63) is 0 Å². The normalized spacial score (nSPS) is 13.1. The highest BCUT2D eigenvalue weighted by Crippen LogP contribution is 2.43. The number of aliphatic carboxylic acids is 1. The lowest BCUT2D eigenvalue weighted by atomic mass is 9.65. The summed E-state index contributed by atoms with van der Waals surface area (Å²) in [6, 6.07) is 0. The van der Waals surface area contributed by atoms with Gasteiger partial charge in [0.15, 0.2) is 0 Å². The monoisotopic (exact) mass is 172 g/mol. The smallest absolute Gasteiger partial charge is 0.303 e. The van der Waals surface area contributed by atoms with E-state index >= 15 is 0 Å². The van der Waals surface area contributed by atoms with Crippen LogP contribution < -0.4 is 0 Å². The molecule has 0 aliphatic rings. The van der Waals surface area contributed by atoms with Gasteiger partial charge < -0.3 is 5.11 Å². The molecule has 0 rings (SSSR count). The molecule has 0 aromatic carbocycles. The Kier molecular flexibility index (Phi) is 3.31. The summed E-state index contributed by atoms with van der Waals surface area (Å²) in [5, 5.41) is 8.71. The summed E-state index contributed by atoms with van der Waals surface area (Å²) in [6.07, 6.45) is 1.25. The molecule has 0 aliphatic carbocycles. The third-order valence-corrected chi connectivity index (χ3v) is 3.31. The molecule has 0 radical (unpaired) electrons. The maximum atomic E-state index is 10.6. The van der Waals surface area contributed by atoms with Crippen LogP contribution >= 0.6 is 0 Å². The van der Waals surface area contributed by atoms with Crippen LogP contribution in [0.2, 0.25) is 0 Å². The number of carbonyl (C=O) groups is 1. The van der Waals surface area contributed by atoms with Crippen LogP contribution in [0.4, 0.5) is 0 Å². The first-order chi connectivity index (χ1) is 5.23. The van der Waals surface area contributed by atoms with E-state index in [-0.39, 0.29) is 17.3 Å². The Labute approximate surface area is 75.0 Å². The van der Waals surface area contributed by atoms with Gasteiger partial charge in [0.25, 0.3) is 0 Å². The fraction of sp³-hybridized carbons (Fsp3) is 0.900. The quantitative estimate of drug-likeness (QED) is 0.708. The van der Waals surface area contributed by atoms with Crippen LogP contribution in [0, 0.1) is 10.8 Å². The molecule has 0 aromatic heterocycles. The average Bonchev–Trinajstić information content (AvgIpc) is 1.84. The Morgan fingerprint density at radius 1 is 1.17 bits per heavy atom. The van der Waals surface area contributed by atoms with E-state index in [9.17, 15) is 4.79 Å². The first-order valence-electron chi connectivity index (χ1n) is 4.45. The van der Waals surface area contributed by atoms with Crippen LogP contribution in [-0.2, 0) is 4.79 Å². The van der Waals surface area contributed by atoms with E-state index in [1.54, 1.807) is 0 Å². The summed E-state index contributed by atoms with van der Waals surface area (Å²) in [6.45, 7) is 10.4. The van der Waals surface area contributed by atoms with E-state index in [0.717, 1.165) is 6.42 Å². The van der Waals surface area contributed by atoms with E-state index < -0.39 is 5.97 Å². The fourth-order valence-electron chi connectivity index (χ4n) is 1.10. The second kappa shape index (κ2) is 3.46. The molecule has 0 heterocycles. The van der Waals surface area contributed by atoms with Crippen LogP contribution in [-0.4, -0.2) is 11.1 Å². The Hall–Kier alpha value is -0.530. The van der Waals surface area contributed by atoms with Gasteiger partial charge in [-0.3, -0.25) is 4.79 Å². The van der Waals surface area contributed by atoms with E-state index in [1.165, 1.54) is 0 Å². The summed E-state index contributed by atoms with van der Waals surface area (Å²) in [4.78, 5) is 10.6. The molecule has 0 amide bonds. The van der Waals surface area contributed by atoms with Crippen molar-refractivity contribution in [2.45, 2.75) is 47.5 Å². The SMILES string of the molecule is CCC(C)(C)C(C)(C)CC(=O)O. The Balaban J connectivity index is 4.48. The van der Waals surface area contributed by atoms with Crippen molar-refractivity contribution >= 4 is 5.97 Å². The van der Waals surface area contributed by atoms with Crippen LogP contribution in [0.1, 0.15) is 47.5 Å². The third kappa shape index (κ3) is 2.50. The highest BCUT2D eigenvalue weighted by Gasteiger charge is 2.36. The first-order valence-corrected chi connectivity index (χ1v) is 4.45. The second-order valence-corrected chi connectivity index (χ2v) is 4.69. The van der Waals surface area contributed by atoms with Gasteiger partial charge in [-0.25, -0.2) is 0 Å². The maximum absolute atomic E-state index is 10.6. The summed E-state index contributed by atoms with van der Waals surface area (Å²) in [5.74, 6) is -0.707. The van der Waals surface area contributed by atoms with Gasteiger partial charge in [-0.2, -0.15) is 0 Å². The molecule has 0 aromatic rings. The molecule has 0 unspecified atom stereocenters. The minimum Gasteiger partial charge on any atom is -0.481 e. The fourth-order valence-corrected chi connectivity index (χ4v) is 1.10. The number of hydrogen-bond donors (Lipinski definition) is 1. The minimum absolute atomic E-state index is 0.0887.